The molecule has 3 aliphatic carbocycles. The van der Waals surface area contributed by atoms with E-state index in [2.05, 4.69) is 17.3 Å². The van der Waals surface area contributed by atoms with Crippen molar-refractivity contribution in [1.82, 2.24) is 5.01 Å². The Bertz CT molecular complexity index is 678. The van der Waals surface area contributed by atoms with Crippen molar-refractivity contribution in [3.05, 3.63) is 42.0 Å². The van der Waals surface area contributed by atoms with Crippen LogP contribution in [0.2, 0.25) is 0 Å². The molecule has 5 rings (SSSR count). The number of para-hydroxylation sites is 1. The second-order valence-electron chi connectivity index (χ2n) is 6.13. The Morgan fingerprint density at radius 3 is 2.18 bits per heavy atom. The smallest absolute Gasteiger partial charge is 0.254 e. The number of nitrogens with zero attached hydrogens (tertiary/aromatic N) is 2. The van der Waals surface area contributed by atoms with Gasteiger partial charge >= 0.3 is 0 Å². The summed E-state index contributed by atoms with van der Waals surface area (Å²) in [6.45, 7) is 0. The molecule has 1 aromatic rings. The fraction of sp³-hybridized carbons (Fsp3) is 0.353. The van der Waals surface area contributed by atoms with Crippen molar-refractivity contribution in [3.63, 3.8) is 0 Å². The molecular formula is C17H16N2O3. The first-order valence-electron chi connectivity index (χ1n) is 7.55. The van der Waals surface area contributed by atoms with E-state index in [0.717, 1.165) is 17.9 Å². The Morgan fingerprint density at radius 1 is 1.05 bits per heavy atom. The van der Waals surface area contributed by atoms with E-state index in [0.29, 0.717) is 5.56 Å². The third-order valence-electron chi connectivity index (χ3n) is 4.99. The molecule has 1 N–H and O–H groups in total. The summed E-state index contributed by atoms with van der Waals surface area (Å²) in [5, 5.41) is 14.8. The minimum atomic E-state index is -0.252. The molecule has 1 aliphatic heterocycles. The van der Waals surface area contributed by atoms with E-state index in [9.17, 15) is 14.7 Å². The number of carbonyl (C=O) groups excluding carboxylic acids is 2. The van der Waals surface area contributed by atoms with Gasteiger partial charge in [-0.05, 0) is 36.8 Å². The first-order valence-corrected chi connectivity index (χ1v) is 7.55. The Balaban J connectivity index is 1.63. The van der Waals surface area contributed by atoms with Gasteiger partial charge in [0, 0.05) is 5.56 Å². The minimum absolute atomic E-state index is 0.0736. The summed E-state index contributed by atoms with van der Waals surface area (Å²) >= 11 is 0. The maximum Gasteiger partial charge on any atom is 0.254 e. The number of hydrazone groups is 1. The minimum Gasteiger partial charge on any atom is -0.507 e. The maximum absolute atomic E-state index is 12.5. The first kappa shape index (κ1) is 13.2. The van der Waals surface area contributed by atoms with Gasteiger partial charge in [0.2, 0.25) is 0 Å². The fourth-order valence-corrected chi connectivity index (χ4v) is 3.89. The highest BCUT2D eigenvalue weighted by atomic mass is 16.3. The van der Waals surface area contributed by atoms with Crippen LogP contribution in [0.1, 0.15) is 18.4 Å². The third kappa shape index (κ3) is 1.81. The zero-order valence-electron chi connectivity index (χ0n) is 11.9. The molecule has 0 unspecified atom stereocenters. The largest absolute Gasteiger partial charge is 0.507 e. The summed E-state index contributed by atoms with van der Waals surface area (Å²) in [7, 11) is 0. The van der Waals surface area contributed by atoms with Crippen molar-refractivity contribution >= 4 is 18.0 Å². The van der Waals surface area contributed by atoms with Gasteiger partial charge in [-0.3, -0.25) is 9.59 Å². The summed E-state index contributed by atoms with van der Waals surface area (Å²) in [5.41, 5.74) is 0.485. The summed E-state index contributed by atoms with van der Waals surface area (Å²) in [6, 6.07) is 6.69. The van der Waals surface area contributed by atoms with Gasteiger partial charge in [-0.15, -0.1) is 0 Å². The van der Waals surface area contributed by atoms with Crippen molar-refractivity contribution < 1.29 is 14.7 Å². The highest BCUT2D eigenvalue weighted by Crippen LogP contribution is 2.49. The lowest BCUT2D eigenvalue weighted by Crippen LogP contribution is -2.38. The fourth-order valence-electron chi connectivity index (χ4n) is 3.89. The van der Waals surface area contributed by atoms with E-state index in [1.54, 1.807) is 24.3 Å². The van der Waals surface area contributed by atoms with E-state index in [1.807, 2.05) is 0 Å². The molecule has 2 amide bonds. The van der Waals surface area contributed by atoms with E-state index in [1.165, 1.54) is 6.21 Å². The molecule has 1 saturated carbocycles. The Hall–Kier alpha value is -2.43. The number of allylic oxidation sites excluding steroid dienone is 2. The van der Waals surface area contributed by atoms with Gasteiger partial charge in [0.25, 0.3) is 11.8 Å². The number of aromatic hydroxyl groups is 1. The highest BCUT2D eigenvalue weighted by molar-refractivity contribution is 6.06. The summed E-state index contributed by atoms with van der Waals surface area (Å²) < 4.78 is 0. The van der Waals surface area contributed by atoms with Gasteiger partial charge in [0.05, 0.1) is 18.1 Å². The van der Waals surface area contributed by atoms with Gasteiger partial charge < -0.3 is 5.11 Å². The molecule has 22 heavy (non-hydrogen) atoms. The Kier molecular flexibility index (Phi) is 2.89. The second-order valence-corrected chi connectivity index (χ2v) is 6.13. The average Bonchev–Trinajstić information content (AvgIpc) is 2.82. The van der Waals surface area contributed by atoms with Crippen LogP contribution in [-0.2, 0) is 9.59 Å². The number of benzene rings is 1. The molecule has 0 radical (unpaired) electrons. The van der Waals surface area contributed by atoms with Crippen LogP contribution in [0.3, 0.4) is 0 Å². The number of imide groups is 1. The monoisotopic (exact) mass is 296 g/mol. The van der Waals surface area contributed by atoms with Gasteiger partial charge in [-0.2, -0.15) is 10.1 Å². The number of phenols is 1. The van der Waals surface area contributed by atoms with Crippen LogP contribution >= 0.6 is 0 Å². The van der Waals surface area contributed by atoms with Crippen molar-refractivity contribution in [1.29, 1.82) is 0 Å². The van der Waals surface area contributed by atoms with Crippen LogP contribution in [0.25, 0.3) is 0 Å². The predicted molar refractivity (Wildman–Crippen MR) is 79.9 cm³/mol. The van der Waals surface area contributed by atoms with Crippen LogP contribution in [0.5, 0.6) is 5.75 Å². The molecule has 1 heterocycles. The number of fused-ring (bicyclic) bond motifs is 1. The van der Waals surface area contributed by atoms with Gasteiger partial charge in [0.1, 0.15) is 5.75 Å². The molecule has 5 nitrogen and oxygen atoms in total. The number of phenolic OH excluding ortho intramolecular Hbond substituents is 1. The molecule has 4 atom stereocenters. The molecule has 0 aromatic heterocycles. The lowest BCUT2D eigenvalue weighted by atomic mass is 9.63. The molecule has 1 saturated heterocycles. The van der Waals surface area contributed by atoms with Crippen LogP contribution in [0.4, 0.5) is 0 Å². The average molecular weight is 296 g/mol. The zero-order chi connectivity index (χ0) is 15.3. The molecule has 5 heteroatoms. The number of hydrogen-bond donors (Lipinski definition) is 1. The Labute approximate surface area is 127 Å². The quantitative estimate of drug-likeness (QED) is 0.515. The van der Waals surface area contributed by atoms with Gasteiger partial charge in [-0.1, -0.05) is 24.3 Å². The SMILES string of the molecule is O=C1[C@@H]2[C@H](C(=O)N1/N=C/c1ccccc1O)[C@H]1C=C[C@H]2CC1. The highest BCUT2D eigenvalue weighted by Gasteiger charge is 2.56. The number of hydrogen-bond acceptors (Lipinski definition) is 4. The van der Waals surface area contributed by atoms with E-state index in [-0.39, 0.29) is 41.2 Å². The van der Waals surface area contributed by atoms with Gasteiger partial charge in [-0.25, -0.2) is 0 Å². The molecule has 2 bridgehead atoms. The van der Waals surface area contributed by atoms with Gasteiger partial charge in [0.15, 0.2) is 0 Å². The topological polar surface area (TPSA) is 70.0 Å². The first-order chi connectivity index (χ1) is 10.7. The van der Waals surface area contributed by atoms with Crippen LogP contribution in [0, 0.1) is 23.7 Å². The normalized spacial score (nSPS) is 33.0. The molecular weight excluding hydrogens is 280 g/mol. The van der Waals surface area contributed by atoms with Crippen molar-refractivity contribution in [2.24, 2.45) is 28.8 Å². The van der Waals surface area contributed by atoms with Crippen LogP contribution < -0.4 is 0 Å². The van der Waals surface area contributed by atoms with E-state index < -0.39 is 0 Å². The number of rotatable bonds is 2. The number of amides is 2. The van der Waals surface area contributed by atoms with E-state index >= 15 is 0 Å². The second kappa shape index (κ2) is 4.80. The molecule has 112 valence electrons. The molecule has 4 aliphatic rings. The van der Waals surface area contributed by atoms with Crippen molar-refractivity contribution in [2.75, 3.05) is 0 Å². The molecule has 1 aromatic carbocycles. The predicted octanol–water partition coefficient (Wildman–Crippen LogP) is 1.92. The van der Waals surface area contributed by atoms with Crippen LogP contribution in [0.15, 0.2) is 41.5 Å². The summed E-state index contributed by atoms with van der Waals surface area (Å²) in [4.78, 5) is 25.1. The van der Waals surface area contributed by atoms with E-state index in [4.69, 9.17) is 0 Å². The van der Waals surface area contributed by atoms with Crippen LogP contribution in [-0.4, -0.2) is 28.1 Å². The lowest BCUT2D eigenvalue weighted by Gasteiger charge is -2.37. The molecule has 0 spiro atoms. The van der Waals surface area contributed by atoms with Crippen molar-refractivity contribution in [3.8, 4) is 5.75 Å². The number of carbonyl (C=O) groups is 2. The summed E-state index contributed by atoms with van der Waals surface area (Å²) in [5.74, 6) is -0.518. The lowest BCUT2D eigenvalue weighted by molar-refractivity contribution is -0.140. The Morgan fingerprint density at radius 2 is 1.64 bits per heavy atom. The summed E-state index contributed by atoms with van der Waals surface area (Å²) in [6.07, 6.45) is 7.47. The molecule has 2 fully saturated rings. The zero-order valence-corrected chi connectivity index (χ0v) is 11.9. The third-order valence-corrected chi connectivity index (χ3v) is 4.99. The van der Waals surface area contributed by atoms with Crippen molar-refractivity contribution in [2.45, 2.75) is 12.8 Å². The maximum atomic E-state index is 12.5. The standard InChI is InChI=1S/C17H16N2O3/c20-13-4-2-1-3-12(13)9-18-19-16(21)14-10-5-6-11(8-7-10)15(14)17(19)22/h1-6,9-11,14-15,20H,7-8H2/b18-9+/t10-,11-,14-,15+/m0/s1.